The molecule has 0 heterocycles. The van der Waals surface area contributed by atoms with Gasteiger partial charge in [0.05, 0.1) is 13.2 Å². The predicted molar refractivity (Wildman–Crippen MR) is 69.3 cm³/mol. The van der Waals surface area contributed by atoms with Crippen LogP contribution >= 0.6 is 0 Å². The molecule has 0 radical (unpaired) electrons. The number of carbonyl (C=O) groups excluding carboxylic acids is 1. The molecule has 4 nitrogen and oxygen atoms in total. The molecule has 1 N–H and O–H groups in total. The topological polar surface area (TPSA) is 55.8 Å². The Balaban J connectivity index is 2.86. The summed E-state index contributed by atoms with van der Waals surface area (Å²) in [6.45, 7) is 1.13. The molecule has 0 amide bonds. The van der Waals surface area contributed by atoms with Crippen molar-refractivity contribution in [1.29, 1.82) is 0 Å². The Kier molecular flexibility index (Phi) is 7.10. The van der Waals surface area contributed by atoms with E-state index in [1.807, 2.05) is 0 Å². The molecule has 1 rings (SSSR count). The summed E-state index contributed by atoms with van der Waals surface area (Å²) in [5, 5.41) is 9.24. The van der Waals surface area contributed by atoms with Crippen molar-refractivity contribution in [2.75, 3.05) is 13.2 Å². The van der Waals surface area contributed by atoms with Crippen molar-refractivity contribution in [3.05, 3.63) is 29.8 Å². The zero-order chi connectivity index (χ0) is 16.7. The average molecular weight is 324 g/mol. The lowest BCUT2D eigenvalue weighted by Crippen LogP contribution is -2.30. The van der Waals surface area contributed by atoms with Crippen LogP contribution < -0.4 is 4.74 Å². The van der Waals surface area contributed by atoms with Gasteiger partial charge in [-0.2, -0.15) is 4.39 Å². The summed E-state index contributed by atoms with van der Waals surface area (Å²) in [5.74, 6) is -1.97. The normalized spacial score (nSPS) is 15.2. The number of aliphatic hydroxyl groups is 1. The fraction of sp³-hybridized carbons (Fsp3) is 0.500. The van der Waals surface area contributed by atoms with E-state index >= 15 is 0 Å². The first-order valence-electron chi connectivity index (χ1n) is 6.51. The molecule has 0 bridgehead atoms. The number of hydrogen-bond acceptors (Lipinski definition) is 4. The Hall–Kier alpha value is -1.83. The number of benzene rings is 1. The minimum atomic E-state index is -3.51. The molecule has 8 heteroatoms. The van der Waals surface area contributed by atoms with E-state index in [0.29, 0.717) is 0 Å². The third-order valence-corrected chi connectivity index (χ3v) is 2.75. The number of halogens is 4. The minimum absolute atomic E-state index is 0.107. The number of hydrogen-bond donors (Lipinski definition) is 1. The number of esters is 1. The maximum Gasteiger partial charge on any atom is 0.315 e. The summed E-state index contributed by atoms with van der Waals surface area (Å²) in [5.41, 5.74) is 0.234. The Morgan fingerprint density at radius 3 is 2.50 bits per heavy atom. The monoisotopic (exact) mass is 324 g/mol. The molecule has 3 atom stereocenters. The second kappa shape index (κ2) is 8.57. The highest BCUT2D eigenvalue weighted by Gasteiger charge is 2.31. The number of carbonyl (C=O) groups is 1. The van der Waals surface area contributed by atoms with E-state index in [4.69, 9.17) is 4.74 Å². The highest BCUT2D eigenvalue weighted by Crippen LogP contribution is 2.24. The number of alkyl halides is 4. The largest absolute Gasteiger partial charge is 0.465 e. The molecule has 0 saturated heterocycles. The number of aliphatic hydroxyl groups excluding tert-OH is 1. The maximum atomic E-state index is 13.2. The summed E-state index contributed by atoms with van der Waals surface area (Å²) in [6, 6.07) is 5.17. The van der Waals surface area contributed by atoms with Crippen LogP contribution in [-0.2, 0) is 9.53 Å². The van der Waals surface area contributed by atoms with Crippen LogP contribution in [0.4, 0.5) is 17.6 Å². The van der Waals surface area contributed by atoms with Crippen molar-refractivity contribution >= 4 is 5.97 Å². The minimum Gasteiger partial charge on any atom is -0.465 e. The summed E-state index contributed by atoms with van der Waals surface area (Å²) in [4.78, 5) is 11.6. The van der Waals surface area contributed by atoms with Gasteiger partial charge >= 0.3 is 5.97 Å². The van der Waals surface area contributed by atoms with Crippen LogP contribution in [0.1, 0.15) is 18.4 Å². The summed E-state index contributed by atoms with van der Waals surface area (Å²) in [6.07, 6.45) is -9.43. The van der Waals surface area contributed by atoms with Crippen LogP contribution in [0.3, 0.4) is 0 Å². The highest BCUT2D eigenvalue weighted by molar-refractivity contribution is 5.78. The van der Waals surface area contributed by atoms with Gasteiger partial charge < -0.3 is 14.6 Å². The predicted octanol–water partition coefficient (Wildman–Crippen LogP) is 2.60. The molecule has 0 fully saturated rings. The Morgan fingerprint density at radius 2 is 1.95 bits per heavy atom. The second-order valence-electron chi connectivity index (χ2n) is 4.31. The Morgan fingerprint density at radius 1 is 1.27 bits per heavy atom. The smallest absolute Gasteiger partial charge is 0.315 e. The molecule has 124 valence electrons. The van der Waals surface area contributed by atoms with Crippen molar-refractivity contribution < 1.29 is 36.9 Å². The van der Waals surface area contributed by atoms with E-state index in [0.717, 1.165) is 6.07 Å². The molecular weight excluding hydrogens is 308 g/mol. The van der Waals surface area contributed by atoms with Gasteiger partial charge in [0.2, 0.25) is 6.17 Å². The van der Waals surface area contributed by atoms with Gasteiger partial charge in [-0.3, -0.25) is 4.79 Å². The van der Waals surface area contributed by atoms with Gasteiger partial charge in [0.15, 0.2) is 0 Å². The standard InChI is InChI=1S/C14H16F4O4/c1-2-21-14(20)10(7-19)8-4-3-5-9(6-8)22-13(18)11(15)12(16)17/h3-6,10-13,19H,2,7H2,1H3. The van der Waals surface area contributed by atoms with Crippen molar-refractivity contribution in [3.8, 4) is 5.75 Å². The first-order chi connectivity index (χ1) is 10.4. The number of rotatable bonds is 8. The first kappa shape index (κ1) is 18.2. The fourth-order valence-corrected chi connectivity index (χ4v) is 1.67. The van der Waals surface area contributed by atoms with Crippen molar-refractivity contribution in [1.82, 2.24) is 0 Å². The molecule has 0 aromatic heterocycles. The Bertz CT molecular complexity index is 484. The zero-order valence-corrected chi connectivity index (χ0v) is 11.7. The van der Waals surface area contributed by atoms with Crippen LogP contribution in [0.15, 0.2) is 24.3 Å². The van der Waals surface area contributed by atoms with E-state index in [9.17, 15) is 27.5 Å². The van der Waals surface area contributed by atoms with Crippen LogP contribution in [-0.4, -0.2) is 43.2 Å². The number of ether oxygens (including phenoxy) is 2. The van der Waals surface area contributed by atoms with Gasteiger partial charge in [-0.1, -0.05) is 12.1 Å². The van der Waals surface area contributed by atoms with Crippen LogP contribution in [0, 0.1) is 0 Å². The van der Waals surface area contributed by atoms with E-state index in [1.165, 1.54) is 18.2 Å². The summed E-state index contributed by atoms with van der Waals surface area (Å²) in [7, 11) is 0. The molecule has 3 unspecified atom stereocenters. The van der Waals surface area contributed by atoms with Gasteiger partial charge in [0.25, 0.3) is 12.8 Å². The third kappa shape index (κ3) is 4.87. The molecule has 0 aliphatic carbocycles. The lowest BCUT2D eigenvalue weighted by molar-refractivity contribution is -0.145. The third-order valence-electron chi connectivity index (χ3n) is 2.75. The van der Waals surface area contributed by atoms with Crippen LogP contribution in [0.25, 0.3) is 0 Å². The molecule has 22 heavy (non-hydrogen) atoms. The van der Waals surface area contributed by atoms with E-state index in [2.05, 4.69) is 4.74 Å². The van der Waals surface area contributed by atoms with E-state index in [-0.39, 0.29) is 17.9 Å². The van der Waals surface area contributed by atoms with Gasteiger partial charge in [-0.05, 0) is 24.6 Å². The van der Waals surface area contributed by atoms with Crippen molar-refractivity contribution in [2.45, 2.75) is 31.8 Å². The van der Waals surface area contributed by atoms with Crippen molar-refractivity contribution in [3.63, 3.8) is 0 Å². The first-order valence-corrected chi connectivity index (χ1v) is 6.51. The van der Waals surface area contributed by atoms with Gasteiger partial charge in [0, 0.05) is 0 Å². The van der Waals surface area contributed by atoms with Crippen LogP contribution in [0.5, 0.6) is 5.75 Å². The summed E-state index contributed by atoms with van der Waals surface area (Å²) < 4.78 is 59.3. The SMILES string of the molecule is CCOC(=O)C(CO)c1cccc(OC(F)C(F)C(F)F)c1. The van der Waals surface area contributed by atoms with Gasteiger partial charge in [-0.15, -0.1) is 0 Å². The van der Waals surface area contributed by atoms with Crippen LogP contribution in [0.2, 0.25) is 0 Å². The van der Waals surface area contributed by atoms with E-state index < -0.39 is 37.4 Å². The lowest BCUT2D eigenvalue weighted by atomic mass is 10.00. The summed E-state index contributed by atoms with van der Waals surface area (Å²) >= 11 is 0. The van der Waals surface area contributed by atoms with Crippen molar-refractivity contribution in [2.24, 2.45) is 0 Å². The molecule has 1 aromatic carbocycles. The fourth-order valence-electron chi connectivity index (χ4n) is 1.67. The molecule has 0 spiro atoms. The average Bonchev–Trinajstić information content (AvgIpc) is 2.47. The van der Waals surface area contributed by atoms with Gasteiger partial charge in [-0.25, -0.2) is 13.2 Å². The Labute approximate surface area is 124 Å². The highest BCUT2D eigenvalue weighted by atomic mass is 19.3. The quantitative estimate of drug-likeness (QED) is 0.590. The molecule has 0 aliphatic rings. The van der Waals surface area contributed by atoms with E-state index in [1.54, 1.807) is 6.92 Å². The molecular formula is C14H16F4O4. The van der Waals surface area contributed by atoms with Gasteiger partial charge in [0.1, 0.15) is 11.7 Å². The second-order valence-corrected chi connectivity index (χ2v) is 4.31. The lowest BCUT2D eigenvalue weighted by Gasteiger charge is -2.17. The molecule has 0 aliphatic heterocycles. The maximum absolute atomic E-state index is 13.2. The molecule has 1 aromatic rings. The molecule has 0 saturated carbocycles. The zero-order valence-electron chi connectivity index (χ0n) is 11.7.